The minimum Gasteiger partial charge on any atom is -0.355 e. The van der Waals surface area contributed by atoms with Gasteiger partial charge in [0.2, 0.25) is 0 Å². The number of methoxy groups -OCH3 is 2. The van der Waals surface area contributed by atoms with Crippen LogP contribution >= 0.6 is 15.9 Å². The number of halogens is 1. The summed E-state index contributed by atoms with van der Waals surface area (Å²) in [5, 5.41) is 0. The Morgan fingerprint density at radius 2 is 1.82 bits per heavy atom. The Bertz CT molecular complexity index is 84.2. The lowest BCUT2D eigenvalue weighted by atomic mass is 10.2. The molecule has 3 heteroatoms. The summed E-state index contributed by atoms with van der Waals surface area (Å²) < 4.78 is 10.2. The van der Waals surface area contributed by atoms with Crippen LogP contribution in [0, 0.1) is 0 Å². The van der Waals surface area contributed by atoms with E-state index in [0.29, 0.717) is 4.83 Å². The highest BCUT2D eigenvalue weighted by atomic mass is 79.9. The molecule has 0 N–H and O–H groups in total. The van der Waals surface area contributed by atoms with Crippen molar-refractivity contribution in [2.45, 2.75) is 37.3 Å². The fourth-order valence-electron chi connectivity index (χ4n) is 0.927. The molecule has 0 aliphatic heterocycles. The normalized spacial score (nSPS) is 13.9. The molecule has 0 rings (SSSR count). The molecule has 0 saturated carbocycles. The summed E-state index contributed by atoms with van der Waals surface area (Å²) in [7, 11) is 3.32. The molecule has 0 radical (unpaired) electrons. The first-order valence-electron chi connectivity index (χ1n) is 3.95. The Hall–Kier alpha value is 0.400. The minimum absolute atomic E-state index is 0.110. The van der Waals surface area contributed by atoms with E-state index in [1.807, 2.05) is 0 Å². The predicted octanol–water partition coefficient (Wildman–Crippen LogP) is 2.56. The lowest BCUT2D eigenvalue weighted by molar-refractivity contribution is -0.101. The van der Waals surface area contributed by atoms with E-state index in [0.717, 1.165) is 6.42 Å². The maximum atomic E-state index is 5.09. The van der Waals surface area contributed by atoms with Gasteiger partial charge in [0.05, 0.1) is 4.83 Å². The molecule has 0 aliphatic rings. The minimum atomic E-state index is -0.110. The van der Waals surface area contributed by atoms with Crippen molar-refractivity contribution in [1.29, 1.82) is 0 Å². The van der Waals surface area contributed by atoms with Crippen LogP contribution in [0.4, 0.5) is 0 Å². The summed E-state index contributed by atoms with van der Waals surface area (Å²) >= 11 is 3.52. The van der Waals surface area contributed by atoms with Gasteiger partial charge in [-0.1, -0.05) is 35.7 Å². The lowest BCUT2D eigenvalue weighted by Gasteiger charge is -2.18. The van der Waals surface area contributed by atoms with Crippen LogP contribution in [0.5, 0.6) is 0 Å². The van der Waals surface area contributed by atoms with Crippen LogP contribution in [-0.2, 0) is 9.47 Å². The third-order valence-electron chi connectivity index (χ3n) is 1.59. The maximum Gasteiger partial charge on any atom is 0.169 e. The zero-order chi connectivity index (χ0) is 8.69. The van der Waals surface area contributed by atoms with Crippen molar-refractivity contribution in [2.75, 3.05) is 14.2 Å². The van der Waals surface area contributed by atoms with Crippen LogP contribution < -0.4 is 0 Å². The molecule has 68 valence electrons. The zero-order valence-corrected chi connectivity index (χ0v) is 9.06. The van der Waals surface area contributed by atoms with Crippen LogP contribution in [0.2, 0.25) is 0 Å². The molecule has 0 aromatic heterocycles. The van der Waals surface area contributed by atoms with Crippen LogP contribution in [0.3, 0.4) is 0 Å². The smallest absolute Gasteiger partial charge is 0.169 e. The SMILES string of the molecule is CCCCC(Br)C(OC)OC. The van der Waals surface area contributed by atoms with Crippen LogP contribution in [0.15, 0.2) is 0 Å². The molecule has 1 unspecified atom stereocenters. The van der Waals surface area contributed by atoms with Gasteiger partial charge in [0.15, 0.2) is 6.29 Å². The van der Waals surface area contributed by atoms with Gasteiger partial charge >= 0.3 is 0 Å². The summed E-state index contributed by atoms with van der Waals surface area (Å²) in [6, 6.07) is 0. The summed E-state index contributed by atoms with van der Waals surface area (Å²) in [5.74, 6) is 0. The van der Waals surface area contributed by atoms with Crippen molar-refractivity contribution < 1.29 is 9.47 Å². The Labute approximate surface area is 77.4 Å². The maximum absolute atomic E-state index is 5.09. The Morgan fingerprint density at radius 1 is 1.27 bits per heavy atom. The fourth-order valence-corrected chi connectivity index (χ4v) is 1.68. The molecule has 1 atom stereocenters. The second kappa shape index (κ2) is 7.07. The third-order valence-corrected chi connectivity index (χ3v) is 2.48. The van der Waals surface area contributed by atoms with Gasteiger partial charge in [-0.3, -0.25) is 0 Å². The van der Waals surface area contributed by atoms with E-state index in [4.69, 9.17) is 9.47 Å². The summed E-state index contributed by atoms with van der Waals surface area (Å²) in [6.45, 7) is 2.17. The van der Waals surface area contributed by atoms with Gasteiger partial charge in [-0.2, -0.15) is 0 Å². The first kappa shape index (κ1) is 11.4. The van der Waals surface area contributed by atoms with E-state index in [1.165, 1.54) is 12.8 Å². The molecule has 0 spiro atoms. The molecule has 2 nitrogen and oxygen atoms in total. The van der Waals surface area contributed by atoms with Crippen LogP contribution in [0.1, 0.15) is 26.2 Å². The van der Waals surface area contributed by atoms with Gasteiger partial charge in [0.25, 0.3) is 0 Å². The fraction of sp³-hybridized carbons (Fsp3) is 1.00. The standard InChI is InChI=1S/C8H17BrO2/c1-4-5-6-7(9)8(10-2)11-3/h7-8H,4-6H2,1-3H3. The topological polar surface area (TPSA) is 18.5 Å². The van der Waals surface area contributed by atoms with Gasteiger partial charge in [-0.15, -0.1) is 0 Å². The summed E-state index contributed by atoms with van der Waals surface area (Å²) in [6.07, 6.45) is 3.41. The quantitative estimate of drug-likeness (QED) is 0.511. The number of unbranched alkanes of at least 4 members (excludes halogenated alkanes) is 1. The van der Waals surface area contributed by atoms with Gasteiger partial charge in [-0.25, -0.2) is 0 Å². The molecule has 11 heavy (non-hydrogen) atoms. The highest BCUT2D eigenvalue weighted by molar-refractivity contribution is 9.09. The lowest BCUT2D eigenvalue weighted by Crippen LogP contribution is -2.24. The second-order valence-corrected chi connectivity index (χ2v) is 3.67. The van der Waals surface area contributed by atoms with Crippen molar-refractivity contribution in [2.24, 2.45) is 0 Å². The Balaban J connectivity index is 3.51. The van der Waals surface area contributed by atoms with E-state index in [2.05, 4.69) is 22.9 Å². The molecule has 0 fully saturated rings. The van der Waals surface area contributed by atoms with Crippen molar-refractivity contribution >= 4 is 15.9 Å². The number of rotatable bonds is 6. The molecule has 0 amide bonds. The molecule has 0 bridgehead atoms. The van der Waals surface area contributed by atoms with Gasteiger partial charge in [0, 0.05) is 14.2 Å². The van der Waals surface area contributed by atoms with Crippen molar-refractivity contribution in [1.82, 2.24) is 0 Å². The Morgan fingerprint density at radius 3 is 2.18 bits per heavy atom. The molecule has 0 aromatic carbocycles. The van der Waals surface area contributed by atoms with Crippen LogP contribution in [0.25, 0.3) is 0 Å². The van der Waals surface area contributed by atoms with Gasteiger partial charge < -0.3 is 9.47 Å². The van der Waals surface area contributed by atoms with Crippen molar-refractivity contribution in [3.05, 3.63) is 0 Å². The van der Waals surface area contributed by atoms with E-state index >= 15 is 0 Å². The monoisotopic (exact) mass is 224 g/mol. The molecule has 0 aliphatic carbocycles. The number of ether oxygens (including phenoxy) is 2. The number of alkyl halides is 1. The van der Waals surface area contributed by atoms with Crippen molar-refractivity contribution in [3.63, 3.8) is 0 Å². The van der Waals surface area contributed by atoms with Gasteiger partial charge in [0.1, 0.15) is 0 Å². The number of hydrogen-bond acceptors (Lipinski definition) is 2. The number of hydrogen-bond donors (Lipinski definition) is 0. The van der Waals surface area contributed by atoms with Gasteiger partial charge in [-0.05, 0) is 6.42 Å². The van der Waals surface area contributed by atoms with E-state index < -0.39 is 0 Å². The first-order valence-corrected chi connectivity index (χ1v) is 4.87. The first-order chi connectivity index (χ1) is 5.26. The highest BCUT2D eigenvalue weighted by Gasteiger charge is 2.16. The Kier molecular flexibility index (Phi) is 7.33. The molecular weight excluding hydrogens is 208 g/mol. The third kappa shape index (κ3) is 4.77. The summed E-state index contributed by atoms with van der Waals surface area (Å²) in [5.41, 5.74) is 0. The van der Waals surface area contributed by atoms with E-state index in [9.17, 15) is 0 Å². The largest absolute Gasteiger partial charge is 0.355 e. The van der Waals surface area contributed by atoms with E-state index in [1.54, 1.807) is 14.2 Å². The molecule has 0 aromatic rings. The van der Waals surface area contributed by atoms with Crippen LogP contribution in [-0.4, -0.2) is 25.3 Å². The van der Waals surface area contributed by atoms with Crippen molar-refractivity contribution in [3.8, 4) is 0 Å². The zero-order valence-electron chi connectivity index (χ0n) is 7.47. The molecule has 0 saturated heterocycles. The average Bonchev–Trinajstić information content (AvgIpc) is 2.03. The predicted molar refractivity (Wildman–Crippen MR) is 50.0 cm³/mol. The summed E-state index contributed by atoms with van der Waals surface area (Å²) in [4.78, 5) is 0.317. The highest BCUT2D eigenvalue weighted by Crippen LogP contribution is 2.16. The average molecular weight is 225 g/mol. The second-order valence-electron chi connectivity index (χ2n) is 2.50. The molecule has 0 heterocycles. The van der Waals surface area contributed by atoms with E-state index in [-0.39, 0.29) is 6.29 Å². The molecular formula is C8H17BrO2.